The van der Waals surface area contributed by atoms with Gasteiger partial charge in [0.1, 0.15) is 0 Å². The zero-order valence-corrected chi connectivity index (χ0v) is 11.6. The first kappa shape index (κ1) is 13.5. The molecule has 3 nitrogen and oxygen atoms in total. The molecule has 1 fully saturated rings. The third-order valence-corrected chi connectivity index (χ3v) is 3.71. The van der Waals surface area contributed by atoms with Gasteiger partial charge in [-0.1, -0.05) is 6.92 Å². The predicted octanol–water partition coefficient (Wildman–Crippen LogP) is 2.78. The average molecular weight is 248 g/mol. The van der Waals surface area contributed by atoms with Gasteiger partial charge < -0.3 is 4.74 Å². The van der Waals surface area contributed by atoms with Crippen LogP contribution in [0.25, 0.3) is 0 Å². The molecule has 0 unspecified atom stereocenters. The third-order valence-electron chi connectivity index (χ3n) is 3.71. The molecule has 2 heterocycles. The van der Waals surface area contributed by atoms with E-state index in [0.717, 1.165) is 26.2 Å². The smallest absolute Gasteiger partial charge is 0.0702 e. The molecule has 18 heavy (non-hydrogen) atoms. The van der Waals surface area contributed by atoms with Gasteiger partial charge in [0.05, 0.1) is 6.10 Å². The van der Waals surface area contributed by atoms with Crippen LogP contribution in [0.1, 0.15) is 37.3 Å². The number of hydrogen-bond acceptors (Lipinski definition) is 3. The van der Waals surface area contributed by atoms with Crippen molar-refractivity contribution in [3.63, 3.8) is 0 Å². The molecule has 0 saturated carbocycles. The number of pyridine rings is 1. The van der Waals surface area contributed by atoms with Crippen molar-refractivity contribution in [2.24, 2.45) is 0 Å². The molecule has 1 aromatic rings. The molecule has 0 aromatic carbocycles. The van der Waals surface area contributed by atoms with Gasteiger partial charge in [0.15, 0.2) is 0 Å². The van der Waals surface area contributed by atoms with Gasteiger partial charge in [0.2, 0.25) is 0 Å². The van der Waals surface area contributed by atoms with E-state index in [0.29, 0.717) is 6.10 Å². The molecule has 1 saturated heterocycles. The number of likely N-dealkylation sites (N-methyl/N-ethyl adjacent to an activating group) is 1. The second-order valence-corrected chi connectivity index (χ2v) is 5.12. The van der Waals surface area contributed by atoms with Gasteiger partial charge in [-0.2, -0.15) is 0 Å². The Morgan fingerprint density at radius 2 is 2.33 bits per heavy atom. The lowest BCUT2D eigenvalue weighted by Crippen LogP contribution is -2.35. The quantitative estimate of drug-likeness (QED) is 0.801. The highest BCUT2D eigenvalue weighted by atomic mass is 16.5. The van der Waals surface area contributed by atoms with E-state index in [1.165, 1.54) is 30.4 Å². The van der Waals surface area contributed by atoms with E-state index in [1.807, 2.05) is 12.4 Å². The summed E-state index contributed by atoms with van der Waals surface area (Å²) in [4.78, 5) is 6.62. The minimum Gasteiger partial charge on any atom is -0.377 e. The molecule has 1 aliphatic heterocycles. The van der Waals surface area contributed by atoms with E-state index in [2.05, 4.69) is 29.8 Å². The number of aryl methyl sites for hydroxylation is 1. The molecule has 0 aliphatic carbocycles. The largest absolute Gasteiger partial charge is 0.377 e. The summed E-state index contributed by atoms with van der Waals surface area (Å²) in [5.74, 6) is 0. The van der Waals surface area contributed by atoms with E-state index in [9.17, 15) is 0 Å². The first-order chi connectivity index (χ1) is 8.79. The Labute approximate surface area is 110 Å². The SMILES string of the molecule is CCN(Cc1ccncc1C)C[C@@H]1CCCCO1. The summed E-state index contributed by atoms with van der Waals surface area (Å²) in [5.41, 5.74) is 2.66. The molecular formula is C15H24N2O. The average Bonchev–Trinajstić information content (AvgIpc) is 2.41. The Morgan fingerprint density at radius 3 is 3.00 bits per heavy atom. The van der Waals surface area contributed by atoms with E-state index >= 15 is 0 Å². The van der Waals surface area contributed by atoms with Crippen LogP contribution in [0.5, 0.6) is 0 Å². The standard InChI is InChI=1S/C15H24N2O/c1-3-17(12-15-6-4-5-9-18-15)11-14-7-8-16-10-13(14)2/h7-8,10,15H,3-6,9,11-12H2,1-2H3/t15-/m0/s1. The normalized spacial score (nSPS) is 20.3. The number of ether oxygens (including phenoxy) is 1. The topological polar surface area (TPSA) is 25.4 Å². The lowest BCUT2D eigenvalue weighted by atomic mass is 10.1. The maximum atomic E-state index is 5.82. The summed E-state index contributed by atoms with van der Waals surface area (Å²) in [5, 5.41) is 0. The van der Waals surface area contributed by atoms with Gasteiger partial charge >= 0.3 is 0 Å². The van der Waals surface area contributed by atoms with Gasteiger partial charge in [-0.3, -0.25) is 9.88 Å². The Morgan fingerprint density at radius 1 is 1.44 bits per heavy atom. The van der Waals surface area contributed by atoms with E-state index in [4.69, 9.17) is 4.74 Å². The molecule has 3 heteroatoms. The molecule has 1 aromatic heterocycles. The van der Waals surface area contributed by atoms with Crippen LogP contribution >= 0.6 is 0 Å². The predicted molar refractivity (Wildman–Crippen MR) is 73.5 cm³/mol. The van der Waals surface area contributed by atoms with E-state index in [-0.39, 0.29) is 0 Å². The highest BCUT2D eigenvalue weighted by Gasteiger charge is 2.17. The molecule has 1 atom stereocenters. The molecule has 1 aliphatic rings. The van der Waals surface area contributed by atoms with Gasteiger partial charge in [-0.05, 0) is 49.9 Å². The zero-order valence-electron chi connectivity index (χ0n) is 11.6. The molecule has 0 amide bonds. The van der Waals surface area contributed by atoms with Gasteiger partial charge in [-0.25, -0.2) is 0 Å². The third kappa shape index (κ3) is 3.79. The van der Waals surface area contributed by atoms with E-state index < -0.39 is 0 Å². The Kier molecular flexibility index (Phi) is 5.14. The maximum absolute atomic E-state index is 5.82. The van der Waals surface area contributed by atoms with Crippen LogP contribution in [0.15, 0.2) is 18.5 Å². The summed E-state index contributed by atoms with van der Waals surface area (Å²) in [6.45, 7) is 8.42. The number of nitrogens with zero attached hydrogens (tertiary/aromatic N) is 2. The van der Waals surface area contributed by atoms with Crippen molar-refractivity contribution in [2.45, 2.75) is 45.8 Å². The van der Waals surface area contributed by atoms with Gasteiger partial charge in [0, 0.05) is 32.1 Å². The second-order valence-electron chi connectivity index (χ2n) is 5.12. The zero-order chi connectivity index (χ0) is 12.8. The lowest BCUT2D eigenvalue weighted by molar-refractivity contribution is -0.00626. The van der Waals surface area contributed by atoms with Gasteiger partial charge in [-0.15, -0.1) is 0 Å². The highest BCUT2D eigenvalue weighted by Crippen LogP contribution is 2.16. The highest BCUT2D eigenvalue weighted by molar-refractivity contribution is 5.21. The minimum atomic E-state index is 0.431. The molecular weight excluding hydrogens is 224 g/mol. The molecule has 0 N–H and O–H groups in total. The molecule has 100 valence electrons. The fourth-order valence-electron chi connectivity index (χ4n) is 2.47. The van der Waals surface area contributed by atoms with Crippen molar-refractivity contribution >= 4 is 0 Å². The van der Waals surface area contributed by atoms with Gasteiger partial charge in [0.25, 0.3) is 0 Å². The van der Waals surface area contributed by atoms with Crippen LogP contribution in [0.4, 0.5) is 0 Å². The molecule has 0 spiro atoms. The molecule has 0 radical (unpaired) electrons. The first-order valence-electron chi connectivity index (χ1n) is 7.03. The van der Waals surface area contributed by atoms with Crippen LogP contribution < -0.4 is 0 Å². The van der Waals surface area contributed by atoms with Crippen molar-refractivity contribution in [2.75, 3.05) is 19.7 Å². The van der Waals surface area contributed by atoms with Crippen LogP contribution in [0.2, 0.25) is 0 Å². The number of rotatable bonds is 5. The summed E-state index contributed by atoms with van der Waals surface area (Å²) >= 11 is 0. The van der Waals surface area contributed by atoms with Crippen molar-refractivity contribution in [3.8, 4) is 0 Å². The fourth-order valence-corrected chi connectivity index (χ4v) is 2.47. The second kappa shape index (κ2) is 6.86. The summed E-state index contributed by atoms with van der Waals surface area (Å²) in [6, 6.07) is 2.12. The maximum Gasteiger partial charge on any atom is 0.0702 e. The van der Waals surface area contributed by atoms with Crippen molar-refractivity contribution in [1.29, 1.82) is 0 Å². The van der Waals surface area contributed by atoms with Crippen LogP contribution in [-0.2, 0) is 11.3 Å². The molecule has 2 rings (SSSR count). The number of aromatic nitrogens is 1. The monoisotopic (exact) mass is 248 g/mol. The van der Waals surface area contributed by atoms with Crippen LogP contribution in [0, 0.1) is 6.92 Å². The lowest BCUT2D eigenvalue weighted by Gasteiger charge is -2.29. The molecule has 0 bridgehead atoms. The van der Waals surface area contributed by atoms with Crippen molar-refractivity contribution < 1.29 is 4.74 Å². The Hall–Kier alpha value is -0.930. The summed E-state index contributed by atoms with van der Waals surface area (Å²) in [7, 11) is 0. The fraction of sp³-hybridized carbons (Fsp3) is 0.667. The summed E-state index contributed by atoms with van der Waals surface area (Å²) < 4.78 is 5.82. The Balaban J connectivity index is 1.90. The van der Waals surface area contributed by atoms with Crippen LogP contribution in [0.3, 0.4) is 0 Å². The Bertz CT molecular complexity index is 361. The number of hydrogen-bond donors (Lipinski definition) is 0. The minimum absolute atomic E-state index is 0.431. The first-order valence-corrected chi connectivity index (χ1v) is 7.03. The van der Waals surface area contributed by atoms with Crippen LogP contribution in [-0.4, -0.2) is 35.7 Å². The summed E-state index contributed by atoms with van der Waals surface area (Å²) in [6.07, 6.45) is 8.02. The van der Waals surface area contributed by atoms with Crippen molar-refractivity contribution in [3.05, 3.63) is 29.6 Å². The van der Waals surface area contributed by atoms with E-state index in [1.54, 1.807) is 0 Å². The van der Waals surface area contributed by atoms with Crippen molar-refractivity contribution in [1.82, 2.24) is 9.88 Å².